The Morgan fingerprint density at radius 1 is 1.30 bits per heavy atom. The number of sulfone groups is 1. The fourth-order valence-electron chi connectivity index (χ4n) is 3.18. The van der Waals surface area contributed by atoms with Crippen LogP contribution in [0.4, 0.5) is 0 Å². The molecule has 1 N–H and O–H groups in total. The Kier molecular flexibility index (Phi) is 4.10. The number of hydrogen-bond acceptors (Lipinski definition) is 4. The Balaban J connectivity index is 1.80. The molecule has 2 heterocycles. The highest BCUT2D eigenvalue weighted by atomic mass is 32.2. The van der Waals surface area contributed by atoms with Crippen molar-refractivity contribution in [2.45, 2.75) is 32.7 Å². The van der Waals surface area contributed by atoms with Gasteiger partial charge in [0.05, 0.1) is 23.4 Å². The first-order valence-corrected chi connectivity index (χ1v) is 9.52. The third-order valence-corrected chi connectivity index (χ3v) is 6.19. The lowest BCUT2D eigenvalue weighted by Crippen LogP contribution is -2.36. The first-order chi connectivity index (χ1) is 10.9. The smallest absolute Gasteiger partial charge is 0.224 e. The summed E-state index contributed by atoms with van der Waals surface area (Å²) in [4.78, 5) is 16.9. The van der Waals surface area contributed by atoms with Gasteiger partial charge in [-0.1, -0.05) is 18.2 Å². The third kappa shape index (κ3) is 3.37. The Morgan fingerprint density at radius 2 is 2.04 bits per heavy atom. The number of carbonyl (C=O) groups excluding carboxylic acids is 1. The van der Waals surface area contributed by atoms with Crippen LogP contribution in [0.3, 0.4) is 0 Å². The SMILES string of the molecule is Cc1nc2ccccc2c(C)c1CC(=O)N[C@H]1CCS(=O)(=O)C1. The molecule has 2 aromatic rings. The van der Waals surface area contributed by atoms with Crippen LogP contribution in [0.2, 0.25) is 0 Å². The number of hydrogen-bond donors (Lipinski definition) is 1. The number of pyridine rings is 1. The fourth-order valence-corrected chi connectivity index (χ4v) is 4.85. The van der Waals surface area contributed by atoms with Crippen LogP contribution in [-0.2, 0) is 21.1 Å². The lowest BCUT2D eigenvalue weighted by Gasteiger charge is -2.14. The van der Waals surface area contributed by atoms with E-state index in [0.717, 1.165) is 27.7 Å². The van der Waals surface area contributed by atoms with Crippen molar-refractivity contribution < 1.29 is 13.2 Å². The summed E-state index contributed by atoms with van der Waals surface area (Å²) in [6.07, 6.45) is 0.730. The van der Waals surface area contributed by atoms with Crippen LogP contribution < -0.4 is 5.32 Å². The monoisotopic (exact) mass is 332 g/mol. The third-order valence-electron chi connectivity index (χ3n) is 4.42. The molecule has 23 heavy (non-hydrogen) atoms. The summed E-state index contributed by atoms with van der Waals surface area (Å²) >= 11 is 0. The molecule has 0 saturated carbocycles. The predicted molar refractivity (Wildman–Crippen MR) is 90.1 cm³/mol. The van der Waals surface area contributed by atoms with Crippen molar-refractivity contribution in [3.05, 3.63) is 41.1 Å². The van der Waals surface area contributed by atoms with Gasteiger partial charge < -0.3 is 5.32 Å². The van der Waals surface area contributed by atoms with Crippen molar-refractivity contribution in [1.82, 2.24) is 10.3 Å². The van der Waals surface area contributed by atoms with Gasteiger partial charge in [0.25, 0.3) is 0 Å². The number of rotatable bonds is 3. The van der Waals surface area contributed by atoms with Crippen LogP contribution in [0.1, 0.15) is 23.2 Å². The predicted octanol–water partition coefficient (Wildman–Crippen LogP) is 1.70. The second-order valence-electron chi connectivity index (χ2n) is 6.16. The highest BCUT2D eigenvalue weighted by molar-refractivity contribution is 7.91. The van der Waals surface area contributed by atoms with Gasteiger partial charge in [0.1, 0.15) is 0 Å². The van der Waals surface area contributed by atoms with Gasteiger partial charge >= 0.3 is 0 Å². The minimum Gasteiger partial charge on any atom is -0.352 e. The van der Waals surface area contributed by atoms with E-state index in [9.17, 15) is 13.2 Å². The maximum absolute atomic E-state index is 12.3. The van der Waals surface area contributed by atoms with Crippen LogP contribution in [0.5, 0.6) is 0 Å². The van der Waals surface area contributed by atoms with Gasteiger partial charge in [0.15, 0.2) is 9.84 Å². The molecule has 0 radical (unpaired) electrons. The van der Waals surface area contributed by atoms with Crippen LogP contribution >= 0.6 is 0 Å². The topological polar surface area (TPSA) is 76.1 Å². The summed E-state index contributed by atoms with van der Waals surface area (Å²) < 4.78 is 22.9. The van der Waals surface area contributed by atoms with E-state index in [4.69, 9.17) is 0 Å². The Morgan fingerprint density at radius 3 is 2.74 bits per heavy atom. The summed E-state index contributed by atoms with van der Waals surface area (Å²) in [6, 6.07) is 7.60. The minimum atomic E-state index is -2.99. The number of para-hydroxylation sites is 1. The number of benzene rings is 1. The van der Waals surface area contributed by atoms with Crippen molar-refractivity contribution in [3.8, 4) is 0 Å². The lowest BCUT2D eigenvalue weighted by atomic mass is 9.99. The van der Waals surface area contributed by atoms with E-state index >= 15 is 0 Å². The second-order valence-corrected chi connectivity index (χ2v) is 8.39. The molecule has 1 amide bonds. The summed E-state index contributed by atoms with van der Waals surface area (Å²) in [7, 11) is -2.99. The molecule has 5 nitrogen and oxygen atoms in total. The van der Waals surface area contributed by atoms with E-state index in [-0.39, 0.29) is 29.9 Å². The van der Waals surface area contributed by atoms with Gasteiger partial charge in [-0.3, -0.25) is 9.78 Å². The summed E-state index contributed by atoms with van der Waals surface area (Å²) in [5.41, 5.74) is 3.74. The van der Waals surface area contributed by atoms with Gasteiger partial charge in [-0.15, -0.1) is 0 Å². The van der Waals surface area contributed by atoms with Gasteiger partial charge in [0, 0.05) is 17.1 Å². The van der Waals surface area contributed by atoms with Gasteiger partial charge in [-0.25, -0.2) is 8.42 Å². The standard InChI is InChI=1S/C17H20N2O3S/c1-11-14-5-3-4-6-16(14)18-12(2)15(11)9-17(20)19-13-7-8-23(21,22)10-13/h3-6,13H,7-10H2,1-2H3,(H,19,20)/t13-/m0/s1. The molecule has 1 aromatic carbocycles. The number of carbonyl (C=O) groups is 1. The Hall–Kier alpha value is -1.95. The molecular formula is C17H20N2O3S. The number of fused-ring (bicyclic) bond motifs is 1. The highest BCUT2D eigenvalue weighted by Crippen LogP contribution is 2.23. The molecule has 0 aliphatic carbocycles. The van der Waals surface area contributed by atoms with Crippen molar-refractivity contribution in [2.24, 2.45) is 0 Å². The van der Waals surface area contributed by atoms with E-state index in [0.29, 0.717) is 6.42 Å². The number of amides is 1. The molecule has 3 rings (SSSR count). The quantitative estimate of drug-likeness (QED) is 0.928. The van der Waals surface area contributed by atoms with Crippen LogP contribution in [0, 0.1) is 13.8 Å². The molecule has 1 saturated heterocycles. The minimum absolute atomic E-state index is 0.0483. The Bertz CT molecular complexity index is 875. The first kappa shape index (κ1) is 15.9. The van der Waals surface area contributed by atoms with E-state index < -0.39 is 9.84 Å². The summed E-state index contributed by atoms with van der Waals surface area (Å²) in [5, 5.41) is 3.89. The molecule has 1 aliphatic heterocycles. The van der Waals surface area contributed by atoms with Crippen LogP contribution in [0.15, 0.2) is 24.3 Å². The van der Waals surface area contributed by atoms with Gasteiger partial charge in [0.2, 0.25) is 5.91 Å². The summed E-state index contributed by atoms with van der Waals surface area (Å²) in [5.74, 6) is 0.0654. The molecule has 0 unspecified atom stereocenters. The van der Waals surface area contributed by atoms with Gasteiger partial charge in [-0.05, 0) is 37.5 Å². The summed E-state index contributed by atoms with van der Waals surface area (Å²) in [6.45, 7) is 3.90. The molecule has 1 fully saturated rings. The second kappa shape index (κ2) is 5.92. The molecule has 1 aliphatic rings. The zero-order valence-electron chi connectivity index (χ0n) is 13.3. The number of aryl methyl sites for hydroxylation is 2. The highest BCUT2D eigenvalue weighted by Gasteiger charge is 2.29. The van der Waals surface area contributed by atoms with Crippen LogP contribution in [0.25, 0.3) is 10.9 Å². The maximum Gasteiger partial charge on any atom is 0.224 e. The zero-order valence-corrected chi connectivity index (χ0v) is 14.1. The van der Waals surface area contributed by atoms with Crippen molar-refractivity contribution in [2.75, 3.05) is 11.5 Å². The normalized spacial score (nSPS) is 19.8. The number of aromatic nitrogens is 1. The molecule has 1 aromatic heterocycles. The van der Waals surface area contributed by atoms with E-state index in [2.05, 4.69) is 10.3 Å². The largest absolute Gasteiger partial charge is 0.352 e. The molecule has 122 valence electrons. The molecule has 0 spiro atoms. The van der Waals surface area contributed by atoms with E-state index in [1.807, 2.05) is 38.1 Å². The average molecular weight is 332 g/mol. The zero-order chi connectivity index (χ0) is 16.6. The lowest BCUT2D eigenvalue weighted by molar-refractivity contribution is -0.121. The molecule has 1 atom stereocenters. The van der Waals surface area contributed by atoms with Crippen molar-refractivity contribution in [3.63, 3.8) is 0 Å². The number of nitrogens with one attached hydrogen (secondary N) is 1. The van der Waals surface area contributed by atoms with Crippen molar-refractivity contribution in [1.29, 1.82) is 0 Å². The molecule has 6 heteroatoms. The fraction of sp³-hybridized carbons (Fsp3) is 0.412. The van der Waals surface area contributed by atoms with Crippen molar-refractivity contribution >= 4 is 26.6 Å². The average Bonchev–Trinajstić information content (AvgIpc) is 2.82. The van der Waals surface area contributed by atoms with E-state index in [1.54, 1.807) is 0 Å². The number of nitrogens with zero attached hydrogens (tertiary/aromatic N) is 1. The van der Waals surface area contributed by atoms with Crippen LogP contribution in [-0.4, -0.2) is 36.9 Å². The maximum atomic E-state index is 12.3. The van der Waals surface area contributed by atoms with E-state index in [1.165, 1.54) is 0 Å². The van der Waals surface area contributed by atoms with Gasteiger partial charge in [-0.2, -0.15) is 0 Å². The Labute approximate surface area is 136 Å². The first-order valence-electron chi connectivity index (χ1n) is 7.70. The molecule has 0 bridgehead atoms. The molecular weight excluding hydrogens is 312 g/mol.